The molecule has 1 nitrogen and oxygen atoms in total. The van der Waals surface area contributed by atoms with Crippen molar-refractivity contribution < 1.29 is 4.80 Å². The zero-order chi connectivity index (χ0) is 12.1. The Bertz CT molecular complexity index is 764. The Balaban J connectivity index is 2.15. The van der Waals surface area contributed by atoms with Crippen LogP contribution in [0.5, 0.6) is 0 Å². The van der Waals surface area contributed by atoms with Crippen LogP contribution in [0.2, 0.25) is 0 Å². The number of rotatable bonds is 0. The van der Waals surface area contributed by atoms with Gasteiger partial charge in [0.1, 0.15) is 0 Å². The lowest BCUT2D eigenvalue weighted by molar-refractivity contribution is 0.601. The summed E-state index contributed by atoms with van der Waals surface area (Å²) in [5, 5.41) is 4.68. The fourth-order valence-electron chi connectivity index (χ4n) is 2.81. The zero-order valence-corrected chi connectivity index (χ0v) is 10.7. The van der Waals surface area contributed by atoms with Gasteiger partial charge in [-0.25, -0.2) is 0 Å². The van der Waals surface area contributed by atoms with Gasteiger partial charge < -0.3 is 4.80 Å². The highest BCUT2D eigenvalue weighted by atomic mass is 28.3. The molecule has 1 aliphatic rings. The van der Waals surface area contributed by atoms with E-state index in [0.717, 1.165) is 10.4 Å². The van der Waals surface area contributed by atoms with E-state index in [1.165, 1.54) is 21.9 Å². The van der Waals surface area contributed by atoms with Gasteiger partial charge in [-0.05, 0) is 32.3 Å². The van der Waals surface area contributed by atoms with Crippen molar-refractivity contribution in [2.45, 2.75) is 0 Å². The molecule has 1 aliphatic heterocycles. The fraction of sp³-hybridized carbons (Fsp3) is 0. The molecule has 1 heterocycles. The van der Waals surface area contributed by atoms with Gasteiger partial charge in [0.05, 0.1) is 0 Å². The second-order valence-corrected chi connectivity index (χ2v) is 6.34. The van der Waals surface area contributed by atoms with Crippen molar-refractivity contribution in [2.75, 3.05) is 0 Å². The van der Waals surface area contributed by atoms with Gasteiger partial charge >= 0.3 is 0 Å². The summed E-state index contributed by atoms with van der Waals surface area (Å²) in [7, 11) is -1.60. The van der Waals surface area contributed by atoms with Crippen LogP contribution < -0.4 is 10.4 Å². The van der Waals surface area contributed by atoms with E-state index in [-0.39, 0.29) is 0 Å². The van der Waals surface area contributed by atoms with E-state index in [2.05, 4.69) is 36.4 Å². The summed E-state index contributed by atoms with van der Waals surface area (Å²) in [6.07, 6.45) is 0. The van der Waals surface area contributed by atoms with E-state index in [1.54, 1.807) is 0 Å². The minimum absolute atomic E-state index is 1.12. The third kappa shape index (κ3) is 1.19. The van der Waals surface area contributed by atoms with Crippen molar-refractivity contribution in [1.82, 2.24) is 0 Å². The standard InChI is InChI=1S/C16H11OSi/c17-18-15-8-4-3-7-13(15)14-10-9-11-5-1-2-6-12(11)16(14)18/h1-10,17H. The molecule has 0 saturated carbocycles. The van der Waals surface area contributed by atoms with Crippen molar-refractivity contribution in [3.8, 4) is 11.1 Å². The quantitative estimate of drug-likeness (QED) is 0.602. The molecular formula is C16H11OSi. The lowest BCUT2D eigenvalue weighted by Gasteiger charge is -2.07. The fourth-order valence-corrected chi connectivity index (χ4v) is 4.76. The monoisotopic (exact) mass is 247 g/mol. The molecule has 1 N–H and O–H groups in total. The molecule has 85 valence electrons. The summed E-state index contributed by atoms with van der Waals surface area (Å²) >= 11 is 0. The lowest BCUT2D eigenvalue weighted by atomic mass is 10.0. The van der Waals surface area contributed by atoms with Crippen molar-refractivity contribution >= 4 is 30.2 Å². The average molecular weight is 247 g/mol. The van der Waals surface area contributed by atoms with Gasteiger partial charge in [0.15, 0.2) is 0 Å². The third-order valence-corrected chi connectivity index (χ3v) is 5.60. The van der Waals surface area contributed by atoms with Gasteiger partial charge in [-0.15, -0.1) is 0 Å². The molecule has 0 bridgehead atoms. The zero-order valence-electron chi connectivity index (χ0n) is 9.72. The van der Waals surface area contributed by atoms with Crippen LogP contribution in [-0.4, -0.2) is 13.8 Å². The smallest absolute Gasteiger partial charge is 0.282 e. The Morgan fingerprint density at radius 3 is 2.44 bits per heavy atom. The first-order chi connectivity index (χ1) is 8.86. The summed E-state index contributed by atoms with van der Waals surface area (Å²) in [5.41, 5.74) is 2.41. The molecule has 0 amide bonds. The Kier molecular flexibility index (Phi) is 1.98. The number of benzene rings is 3. The SMILES string of the molecule is O[Si]1c2ccccc2-c2ccc3ccccc3c21. The predicted molar refractivity (Wildman–Crippen MR) is 76.6 cm³/mol. The van der Waals surface area contributed by atoms with Crippen LogP contribution in [0.1, 0.15) is 0 Å². The predicted octanol–water partition coefficient (Wildman–Crippen LogP) is 1.92. The maximum absolute atomic E-state index is 10.6. The van der Waals surface area contributed by atoms with Gasteiger partial charge in [-0.1, -0.05) is 60.7 Å². The molecule has 2 heteroatoms. The highest BCUT2D eigenvalue weighted by Crippen LogP contribution is 2.26. The molecule has 0 spiro atoms. The summed E-state index contributed by atoms with van der Waals surface area (Å²) < 4.78 is 0. The van der Waals surface area contributed by atoms with Crippen LogP contribution in [-0.2, 0) is 0 Å². The van der Waals surface area contributed by atoms with Crippen LogP contribution >= 0.6 is 0 Å². The second kappa shape index (κ2) is 3.54. The third-order valence-electron chi connectivity index (χ3n) is 3.64. The molecule has 0 unspecified atom stereocenters. The minimum Gasteiger partial charge on any atom is -0.424 e. The molecule has 0 aliphatic carbocycles. The van der Waals surface area contributed by atoms with Crippen molar-refractivity contribution in [3.05, 3.63) is 60.7 Å². The minimum atomic E-state index is -1.60. The topological polar surface area (TPSA) is 20.2 Å². The molecular weight excluding hydrogens is 236 g/mol. The molecule has 3 aromatic carbocycles. The highest BCUT2D eigenvalue weighted by Gasteiger charge is 2.30. The Morgan fingerprint density at radius 2 is 1.50 bits per heavy atom. The van der Waals surface area contributed by atoms with E-state index >= 15 is 0 Å². The first kappa shape index (κ1) is 10.1. The molecule has 0 atom stereocenters. The van der Waals surface area contributed by atoms with Crippen LogP contribution in [0, 0.1) is 0 Å². The summed E-state index contributed by atoms with van der Waals surface area (Å²) in [6.45, 7) is 0. The lowest BCUT2D eigenvalue weighted by Crippen LogP contribution is -2.38. The van der Waals surface area contributed by atoms with Crippen molar-refractivity contribution in [3.63, 3.8) is 0 Å². The molecule has 3 aromatic rings. The Hall–Kier alpha value is -1.90. The van der Waals surface area contributed by atoms with Gasteiger partial charge in [-0.3, -0.25) is 0 Å². The first-order valence-corrected chi connectivity index (χ1v) is 7.49. The van der Waals surface area contributed by atoms with Gasteiger partial charge in [0.2, 0.25) is 0 Å². The Morgan fingerprint density at radius 1 is 0.722 bits per heavy atom. The van der Waals surface area contributed by atoms with Crippen LogP contribution in [0.3, 0.4) is 0 Å². The maximum atomic E-state index is 10.6. The summed E-state index contributed by atoms with van der Waals surface area (Å²) in [5.74, 6) is 0. The van der Waals surface area contributed by atoms with Gasteiger partial charge in [0.25, 0.3) is 9.04 Å². The van der Waals surface area contributed by atoms with Crippen LogP contribution in [0.25, 0.3) is 21.9 Å². The Labute approximate surface area is 107 Å². The highest BCUT2D eigenvalue weighted by molar-refractivity contribution is 6.85. The molecule has 0 saturated heterocycles. The van der Waals surface area contributed by atoms with Gasteiger partial charge in [-0.2, -0.15) is 0 Å². The summed E-state index contributed by atoms with van der Waals surface area (Å²) in [4.78, 5) is 10.6. The van der Waals surface area contributed by atoms with E-state index in [0.29, 0.717) is 0 Å². The van der Waals surface area contributed by atoms with Crippen molar-refractivity contribution in [1.29, 1.82) is 0 Å². The summed E-state index contributed by atoms with van der Waals surface area (Å²) in [6, 6.07) is 20.8. The van der Waals surface area contributed by atoms with Crippen LogP contribution in [0.15, 0.2) is 60.7 Å². The van der Waals surface area contributed by atoms with E-state index in [1.807, 2.05) is 24.3 Å². The molecule has 4 rings (SSSR count). The second-order valence-electron chi connectivity index (χ2n) is 4.60. The van der Waals surface area contributed by atoms with E-state index in [4.69, 9.17) is 0 Å². The van der Waals surface area contributed by atoms with Gasteiger partial charge in [0, 0.05) is 0 Å². The van der Waals surface area contributed by atoms with Crippen LogP contribution in [0.4, 0.5) is 0 Å². The number of hydrogen-bond donors (Lipinski definition) is 1. The normalized spacial score (nSPS) is 13.6. The van der Waals surface area contributed by atoms with E-state index in [9.17, 15) is 4.80 Å². The number of fused-ring (bicyclic) bond motifs is 5. The first-order valence-electron chi connectivity index (χ1n) is 6.04. The number of hydrogen-bond acceptors (Lipinski definition) is 1. The molecule has 18 heavy (non-hydrogen) atoms. The average Bonchev–Trinajstić information content (AvgIpc) is 2.73. The van der Waals surface area contributed by atoms with E-state index < -0.39 is 9.04 Å². The molecule has 0 aromatic heterocycles. The van der Waals surface area contributed by atoms with Crippen molar-refractivity contribution in [2.24, 2.45) is 0 Å². The largest absolute Gasteiger partial charge is 0.424 e. The maximum Gasteiger partial charge on any atom is 0.282 e. The molecule has 1 radical (unpaired) electrons. The molecule has 0 fully saturated rings.